The molecule has 0 heterocycles. The minimum atomic E-state index is -1.04. The number of halogens is 2. The smallest absolute Gasteiger partial charge is 0.335 e. The number of benzene rings is 2. The third-order valence-electron chi connectivity index (χ3n) is 3.65. The third-order valence-corrected chi connectivity index (χ3v) is 3.65. The van der Waals surface area contributed by atoms with E-state index in [1.54, 1.807) is 6.07 Å². The normalized spacial score (nSPS) is 13.5. The molecule has 21 heavy (non-hydrogen) atoms. The Morgan fingerprint density at radius 2 is 1.90 bits per heavy atom. The van der Waals surface area contributed by atoms with E-state index in [9.17, 15) is 13.6 Å². The second-order valence-electron chi connectivity index (χ2n) is 4.93. The van der Waals surface area contributed by atoms with Crippen molar-refractivity contribution in [3.05, 3.63) is 76.4 Å². The number of hydrogen-bond donors (Lipinski definition) is 1. The van der Waals surface area contributed by atoms with E-state index in [1.807, 2.05) is 6.08 Å². The lowest BCUT2D eigenvalue weighted by Crippen LogP contribution is -2.06. The van der Waals surface area contributed by atoms with E-state index in [4.69, 9.17) is 5.11 Å². The number of aromatic carboxylic acids is 1. The van der Waals surface area contributed by atoms with Gasteiger partial charge in [-0.05, 0) is 47.7 Å². The predicted octanol–water partition coefficient (Wildman–Crippen LogP) is 4.04. The van der Waals surface area contributed by atoms with Crippen LogP contribution in [0.15, 0.2) is 42.5 Å². The lowest BCUT2D eigenvalue weighted by molar-refractivity contribution is 0.0697. The minimum absolute atomic E-state index is 0.137. The van der Waals surface area contributed by atoms with E-state index in [1.165, 1.54) is 24.3 Å². The molecule has 0 bridgehead atoms. The molecule has 0 fully saturated rings. The molecule has 0 spiro atoms. The van der Waals surface area contributed by atoms with E-state index in [0.29, 0.717) is 17.6 Å². The topological polar surface area (TPSA) is 37.3 Å². The standard InChI is InChI=1S/C17H12F2O2/c18-15-6-2-5-13(16(15)19)12-4-1-3-10-7-8-11(17(20)21)9-14(10)12/h2,4-9H,1,3H2,(H,20,21). The molecule has 0 atom stereocenters. The van der Waals surface area contributed by atoms with Gasteiger partial charge in [0.2, 0.25) is 0 Å². The van der Waals surface area contributed by atoms with Gasteiger partial charge in [-0.1, -0.05) is 24.3 Å². The van der Waals surface area contributed by atoms with Gasteiger partial charge in [0.1, 0.15) is 0 Å². The summed E-state index contributed by atoms with van der Waals surface area (Å²) in [6.07, 6.45) is 3.30. The summed E-state index contributed by atoms with van der Waals surface area (Å²) in [6.45, 7) is 0. The first kappa shape index (κ1) is 13.5. The molecule has 0 unspecified atom stereocenters. The molecule has 2 aromatic carbocycles. The zero-order valence-electron chi connectivity index (χ0n) is 11.1. The highest BCUT2D eigenvalue weighted by molar-refractivity contribution is 5.91. The van der Waals surface area contributed by atoms with E-state index in [2.05, 4.69) is 0 Å². The summed E-state index contributed by atoms with van der Waals surface area (Å²) in [4.78, 5) is 11.1. The van der Waals surface area contributed by atoms with E-state index in [-0.39, 0.29) is 11.1 Å². The van der Waals surface area contributed by atoms with Gasteiger partial charge < -0.3 is 5.11 Å². The Morgan fingerprint density at radius 1 is 1.10 bits per heavy atom. The fraction of sp³-hybridized carbons (Fsp3) is 0.118. The van der Waals surface area contributed by atoms with Crippen LogP contribution in [-0.2, 0) is 6.42 Å². The molecular weight excluding hydrogens is 274 g/mol. The second-order valence-corrected chi connectivity index (χ2v) is 4.93. The van der Waals surface area contributed by atoms with Gasteiger partial charge in [-0.25, -0.2) is 13.6 Å². The average molecular weight is 286 g/mol. The van der Waals surface area contributed by atoms with Crippen LogP contribution in [0.5, 0.6) is 0 Å². The number of aryl methyl sites for hydroxylation is 1. The van der Waals surface area contributed by atoms with Crippen LogP contribution in [0.3, 0.4) is 0 Å². The van der Waals surface area contributed by atoms with Crippen LogP contribution in [-0.4, -0.2) is 11.1 Å². The van der Waals surface area contributed by atoms with Crippen molar-refractivity contribution in [1.29, 1.82) is 0 Å². The molecule has 0 amide bonds. The van der Waals surface area contributed by atoms with E-state index in [0.717, 1.165) is 18.1 Å². The molecule has 3 rings (SSSR count). The number of hydrogen-bond acceptors (Lipinski definition) is 1. The Morgan fingerprint density at radius 3 is 2.67 bits per heavy atom. The minimum Gasteiger partial charge on any atom is -0.478 e. The monoisotopic (exact) mass is 286 g/mol. The highest BCUT2D eigenvalue weighted by Crippen LogP contribution is 2.34. The average Bonchev–Trinajstić information content (AvgIpc) is 2.49. The van der Waals surface area contributed by atoms with Gasteiger partial charge in [0.05, 0.1) is 5.56 Å². The Hall–Kier alpha value is -2.49. The maximum atomic E-state index is 14.0. The molecule has 0 radical (unpaired) electrons. The molecule has 106 valence electrons. The summed E-state index contributed by atoms with van der Waals surface area (Å²) in [7, 11) is 0. The molecule has 0 aromatic heterocycles. The summed E-state index contributed by atoms with van der Waals surface area (Å²) in [5, 5.41) is 9.09. The summed E-state index contributed by atoms with van der Waals surface area (Å²) in [5.41, 5.74) is 2.46. The van der Waals surface area contributed by atoms with Gasteiger partial charge in [0.15, 0.2) is 11.6 Å². The fourth-order valence-corrected chi connectivity index (χ4v) is 2.63. The highest BCUT2D eigenvalue weighted by atomic mass is 19.2. The van der Waals surface area contributed by atoms with Gasteiger partial charge in [-0.3, -0.25) is 0 Å². The fourth-order valence-electron chi connectivity index (χ4n) is 2.63. The summed E-state index contributed by atoms with van der Waals surface area (Å²) in [6, 6.07) is 8.82. The van der Waals surface area contributed by atoms with Crippen molar-refractivity contribution in [3.63, 3.8) is 0 Å². The molecule has 0 saturated carbocycles. The third kappa shape index (κ3) is 2.33. The van der Waals surface area contributed by atoms with Crippen LogP contribution in [0.25, 0.3) is 5.57 Å². The summed E-state index contributed by atoms with van der Waals surface area (Å²) in [5.74, 6) is -2.85. The SMILES string of the molecule is O=C(O)c1ccc2c(c1)C(c1cccc(F)c1F)=CCC2. The van der Waals surface area contributed by atoms with Gasteiger partial charge >= 0.3 is 5.97 Å². The molecule has 1 aliphatic carbocycles. The molecule has 1 aliphatic rings. The van der Waals surface area contributed by atoms with Crippen molar-refractivity contribution in [2.75, 3.05) is 0 Å². The Labute approximate surface area is 120 Å². The molecule has 2 aromatic rings. The summed E-state index contributed by atoms with van der Waals surface area (Å²) < 4.78 is 27.4. The molecule has 2 nitrogen and oxygen atoms in total. The Kier molecular flexibility index (Phi) is 3.29. The Balaban J connectivity index is 2.18. The van der Waals surface area contributed by atoms with Crippen molar-refractivity contribution in [1.82, 2.24) is 0 Å². The number of rotatable bonds is 2. The van der Waals surface area contributed by atoms with Gasteiger partial charge in [-0.15, -0.1) is 0 Å². The van der Waals surface area contributed by atoms with Crippen LogP contribution in [0.1, 0.15) is 33.5 Å². The van der Waals surface area contributed by atoms with Crippen LogP contribution >= 0.6 is 0 Å². The molecule has 0 aliphatic heterocycles. The van der Waals surface area contributed by atoms with Gasteiger partial charge in [0, 0.05) is 5.56 Å². The first-order valence-electron chi connectivity index (χ1n) is 6.59. The van der Waals surface area contributed by atoms with Crippen molar-refractivity contribution in [3.8, 4) is 0 Å². The predicted molar refractivity (Wildman–Crippen MR) is 75.2 cm³/mol. The number of carboxylic acid groups (broad SMARTS) is 1. The maximum absolute atomic E-state index is 14.0. The zero-order chi connectivity index (χ0) is 15.0. The zero-order valence-corrected chi connectivity index (χ0v) is 11.1. The molecule has 4 heteroatoms. The van der Waals surface area contributed by atoms with Gasteiger partial charge in [-0.2, -0.15) is 0 Å². The quantitative estimate of drug-likeness (QED) is 0.904. The van der Waals surface area contributed by atoms with Crippen LogP contribution in [0.2, 0.25) is 0 Å². The first-order chi connectivity index (χ1) is 10.1. The van der Waals surface area contributed by atoms with Crippen molar-refractivity contribution < 1.29 is 18.7 Å². The number of allylic oxidation sites excluding steroid dienone is 1. The van der Waals surface area contributed by atoms with Crippen molar-refractivity contribution in [2.45, 2.75) is 12.8 Å². The lowest BCUT2D eigenvalue weighted by Gasteiger charge is -2.19. The summed E-state index contributed by atoms with van der Waals surface area (Å²) >= 11 is 0. The molecule has 0 saturated heterocycles. The number of carboxylic acids is 1. The molecular formula is C17H12F2O2. The van der Waals surface area contributed by atoms with Crippen LogP contribution in [0, 0.1) is 11.6 Å². The second kappa shape index (κ2) is 5.13. The maximum Gasteiger partial charge on any atom is 0.335 e. The highest BCUT2D eigenvalue weighted by Gasteiger charge is 2.20. The van der Waals surface area contributed by atoms with Crippen LogP contribution in [0.4, 0.5) is 8.78 Å². The Bertz CT molecular complexity index is 763. The van der Waals surface area contributed by atoms with E-state index >= 15 is 0 Å². The number of carbonyl (C=O) groups is 1. The van der Waals surface area contributed by atoms with Crippen molar-refractivity contribution >= 4 is 11.5 Å². The van der Waals surface area contributed by atoms with Crippen LogP contribution < -0.4 is 0 Å². The first-order valence-corrected chi connectivity index (χ1v) is 6.59. The number of fused-ring (bicyclic) bond motifs is 1. The largest absolute Gasteiger partial charge is 0.478 e. The van der Waals surface area contributed by atoms with Gasteiger partial charge in [0.25, 0.3) is 0 Å². The molecule has 1 N–H and O–H groups in total. The lowest BCUT2D eigenvalue weighted by atomic mass is 9.85. The van der Waals surface area contributed by atoms with E-state index < -0.39 is 17.6 Å². The van der Waals surface area contributed by atoms with Crippen molar-refractivity contribution in [2.24, 2.45) is 0 Å².